The lowest BCUT2D eigenvalue weighted by molar-refractivity contribution is -0.120. The Morgan fingerprint density at radius 3 is 2.71 bits per heavy atom. The normalized spacial score (nSPS) is 9.47. The summed E-state index contributed by atoms with van der Waals surface area (Å²) in [7, 11) is 1.63. The third-order valence-electron chi connectivity index (χ3n) is 2.21. The number of hydrogen-bond donors (Lipinski definition) is 2. The van der Waals surface area contributed by atoms with Crippen LogP contribution in [0.5, 0.6) is 5.75 Å². The zero-order valence-electron chi connectivity index (χ0n) is 10.0. The molecule has 0 fully saturated rings. The number of carbonyl (C=O) groups excluding carboxylic acids is 1. The smallest absolute Gasteiger partial charge is 0.222 e. The third kappa shape index (κ3) is 5.06. The van der Waals surface area contributed by atoms with E-state index < -0.39 is 0 Å². The van der Waals surface area contributed by atoms with E-state index in [-0.39, 0.29) is 5.91 Å². The van der Waals surface area contributed by atoms with E-state index in [1.807, 2.05) is 24.3 Å². The van der Waals surface area contributed by atoms with Crippen molar-refractivity contribution in [3.63, 3.8) is 0 Å². The number of anilines is 1. The van der Waals surface area contributed by atoms with E-state index in [1.165, 1.54) is 0 Å². The summed E-state index contributed by atoms with van der Waals surface area (Å²) >= 11 is 0. The summed E-state index contributed by atoms with van der Waals surface area (Å²) in [6, 6.07) is 7.58. The summed E-state index contributed by atoms with van der Waals surface area (Å²) in [5, 5.41) is 5.88. The second-order valence-corrected chi connectivity index (χ2v) is 3.50. The number of rotatable bonds is 7. The van der Waals surface area contributed by atoms with Gasteiger partial charge in [-0.1, -0.05) is 6.08 Å². The molecular formula is C13H18N2O2. The SMILES string of the molecule is C=CCNC(=O)CCNc1ccc(OC)cc1. The van der Waals surface area contributed by atoms with Crippen LogP contribution in [0.1, 0.15) is 6.42 Å². The van der Waals surface area contributed by atoms with E-state index in [1.54, 1.807) is 13.2 Å². The van der Waals surface area contributed by atoms with Crippen LogP contribution < -0.4 is 15.4 Å². The van der Waals surface area contributed by atoms with Crippen molar-refractivity contribution in [3.05, 3.63) is 36.9 Å². The van der Waals surface area contributed by atoms with Crippen LogP contribution >= 0.6 is 0 Å². The van der Waals surface area contributed by atoms with Gasteiger partial charge in [0.25, 0.3) is 0 Å². The van der Waals surface area contributed by atoms with Crippen LogP contribution in [0.25, 0.3) is 0 Å². The predicted octanol–water partition coefficient (Wildman–Crippen LogP) is 1.80. The molecule has 0 aromatic heterocycles. The fourth-order valence-corrected chi connectivity index (χ4v) is 1.30. The molecule has 4 heteroatoms. The van der Waals surface area contributed by atoms with Gasteiger partial charge in [0.05, 0.1) is 7.11 Å². The van der Waals surface area contributed by atoms with Gasteiger partial charge in [-0.2, -0.15) is 0 Å². The molecule has 0 unspecified atom stereocenters. The van der Waals surface area contributed by atoms with Gasteiger partial charge in [0, 0.05) is 25.2 Å². The average Bonchev–Trinajstić information content (AvgIpc) is 2.37. The molecule has 2 N–H and O–H groups in total. The van der Waals surface area contributed by atoms with Crippen molar-refractivity contribution in [2.45, 2.75) is 6.42 Å². The number of benzene rings is 1. The molecule has 0 heterocycles. The third-order valence-corrected chi connectivity index (χ3v) is 2.21. The Bertz CT molecular complexity index is 360. The predicted molar refractivity (Wildman–Crippen MR) is 69.3 cm³/mol. The Morgan fingerprint density at radius 1 is 1.41 bits per heavy atom. The molecule has 92 valence electrons. The fourth-order valence-electron chi connectivity index (χ4n) is 1.30. The first-order valence-electron chi connectivity index (χ1n) is 5.52. The zero-order chi connectivity index (χ0) is 12.5. The average molecular weight is 234 g/mol. The lowest BCUT2D eigenvalue weighted by Crippen LogP contribution is -2.25. The highest BCUT2D eigenvalue weighted by Gasteiger charge is 1.99. The molecule has 1 amide bonds. The lowest BCUT2D eigenvalue weighted by Gasteiger charge is -2.07. The van der Waals surface area contributed by atoms with Crippen LogP contribution in [0.3, 0.4) is 0 Å². The van der Waals surface area contributed by atoms with E-state index in [0.29, 0.717) is 19.5 Å². The molecule has 0 radical (unpaired) electrons. The van der Waals surface area contributed by atoms with Crippen molar-refractivity contribution < 1.29 is 9.53 Å². The van der Waals surface area contributed by atoms with Gasteiger partial charge < -0.3 is 15.4 Å². The molecule has 0 aliphatic rings. The number of hydrogen-bond acceptors (Lipinski definition) is 3. The molecule has 4 nitrogen and oxygen atoms in total. The van der Waals surface area contributed by atoms with Gasteiger partial charge in [-0.3, -0.25) is 4.79 Å². The summed E-state index contributed by atoms with van der Waals surface area (Å²) < 4.78 is 5.05. The molecule has 1 aromatic carbocycles. The van der Waals surface area contributed by atoms with E-state index in [9.17, 15) is 4.79 Å². The minimum Gasteiger partial charge on any atom is -0.497 e. The highest BCUT2D eigenvalue weighted by Crippen LogP contribution is 2.14. The number of ether oxygens (including phenoxy) is 1. The minimum atomic E-state index is 0.0194. The lowest BCUT2D eigenvalue weighted by atomic mass is 10.3. The van der Waals surface area contributed by atoms with Crippen molar-refractivity contribution >= 4 is 11.6 Å². The Balaban J connectivity index is 2.25. The van der Waals surface area contributed by atoms with Crippen LogP contribution in [-0.4, -0.2) is 26.1 Å². The highest BCUT2D eigenvalue weighted by molar-refractivity contribution is 5.76. The molecule has 1 aromatic rings. The van der Waals surface area contributed by atoms with Gasteiger partial charge >= 0.3 is 0 Å². The minimum absolute atomic E-state index is 0.0194. The summed E-state index contributed by atoms with van der Waals surface area (Å²) in [5.41, 5.74) is 0.974. The van der Waals surface area contributed by atoms with Gasteiger partial charge in [0.2, 0.25) is 5.91 Å². The second kappa shape index (κ2) is 7.33. The molecule has 0 aliphatic carbocycles. The quantitative estimate of drug-likeness (QED) is 0.707. The Hall–Kier alpha value is -1.97. The first kappa shape index (κ1) is 13.1. The van der Waals surface area contributed by atoms with Crippen molar-refractivity contribution in [2.75, 3.05) is 25.5 Å². The second-order valence-electron chi connectivity index (χ2n) is 3.50. The molecule has 1 rings (SSSR count). The molecule has 0 saturated heterocycles. The first-order chi connectivity index (χ1) is 8.26. The maximum absolute atomic E-state index is 11.3. The van der Waals surface area contributed by atoms with Gasteiger partial charge in [0.15, 0.2) is 0 Å². The van der Waals surface area contributed by atoms with E-state index in [2.05, 4.69) is 17.2 Å². The van der Waals surface area contributed by atoms with Crippen LogP contribution in [0.15, 0.2) is 36.9 Å². The van der Waals surface area contributed by atoms with Crippen molar-refractivity contribution in [1.29, 1.82) is 0 Å². The summed E-state index contributed by atoms with van der Waals surface area (Å²) in [6.07, 6.45) is 2.11. The zero-order valence-corrected chi connectivity index (χ0v) is 10.0. The molecule has 0 atom stereocenters. The maximum Gasteiger partial charge on any atom is 0.222 e. The molecule has 0 spiro atoms. The van der Waals surface area contributed by atoms with Gasteiger partial charge in [-0.05, 0) is 24.3 Å². The van der Waals surface area contributed by atoms with Crippen LogP contribution in [0.4, 0.5) is 5.69 Å². The standard InChI is InChI=1S/C13H18N2O2/c1-3-9-15-13(16)8-10-14-11-4-6-12(17-2)7-5-11/h3-7,14H,1,8-10H2,2H3,(H,15,16). The molecule has 17 heavy (non-hydrogen) atoms. The van der Waals surface area contributed by atoms with Crippen LogP contribution in [0, 0.1) is 0 Å². The molecule has 0 bridgehead atoms. The topological polar surface area (TPSA) is 50.4 Å². The maximum atomic E-state index is 11.3. The Kier molecular flexibility index (Phi) is 5.64. The molecule has 0 saturated carbocycles. The van der Waals surface area contributed by atoms with Gasteiger partial charge in [-0.25, -0.2) is 0 Å². The summed E-state index contributed by atoms with van der Waals surface area (Å²) in [6.45, 7) is 4.66. The number of amides is 1. The van der Waals surface area contributed by atoms with E-state index in [4.69, 9.17) is 4.74 Å². The summed E-state index contributed by atoms with van der Waals surface area (Å²) in [5.74, 6) is 0.838. The molecular weight excluding hydrogens is 216 g/mol. The monoisotopic (exact) mass is 234 g/mol. The van der Waals surface area contributed by atoms with Crippen LogP contribution in [-0.2, 0) is 4.79 Å². The largest absolute Gasteiger partial charge is 0.497 e. The van der Waals surface area contributed by atoms with Gasteiger partial charge in [0.1, 0.15) is 5.75 Å². The number of carbonyl (C=O) groups is 1. The Labute approximate surface area is 102 Å². The molecule has 0 aliphatic heterocycles. The van der Waals surface area contributed by atoms with Crippen molar-refractivity contribution in [1.82, 2.24) is 5.32 Å². The number of methoxy groups -OCH3 is 1. The van der Waals surface area contributed by atoms with E-state index >= 15 is 0 Å². The van der Waals surface area contributed by atoms with Crippen LogP contribution in [0.2, 0.25) is 0 Å². The summed E-state index contributed by atoms with van der Waals surface area (Å²) in [4.78, 5) is 11.3. The first-order valence-corrected chi connectivity index (χ1v) is 5.52. The number of nitrogens with one attached hydrogen (secondary N) is 2. The van der Waals surface area contributed by atoms with E-state index in [0.717, 1.165) is 11.4 Å². The van der Waals surface area contributed by atoms with Gasteiger partial charge in [-0.15, -0.1) is 6.58 Å². The fraction of sp³-hybridized carbons (Fsp3) is 0.308. The van der Waals surface area contributed by atoms with Crippen molar-refractivity contribution in [2.24, 2.45) is 0 Å². The Morgan fingerprint density at radius 2 is 2.12 bits per heavy atom. The van der Waals surface area contributed by atoms with Crippen molar-refractivity contribution in [3.8, 4) is 5.75 Å². The highest BCUT2D eigenvalue weighted by atomic mass is 16.5.